The zero-order valence-electron chi connectivity index (χ0n) is 19.6. The normalized spacial score (nSPS) is 14.6. The van der Waals surface area contributed by atoms with Gasteiger partial charge in [0.15, 0.2) is 6.61 Å². The third-order valence-electron chi connectivity index (χ3n) is 6.38. The summed E-state index contributed by atoms with van der Waals surface area (Å²) in [5.74, 6) is -1.51. The number of amides is 1. The van der Waals surface area contributed by atoms with Crippen molar-refractivity contribution in [2.24, 2.45) is 5.92 Å². The number of carbonyl (C=O) groups excluding carboxylic acids is 2. The van der Waals surface area contributed by atoms with Crippen molar-refractivity contribution in [2.75, 3.05) is 6.61 Å². The second-order valence-electron chi connectivity index (χ2n) is 8.95. The van der Waals surface area contributed by atoms with Crippen molar-refractivity contribution in [3.63, 3.8) is 0 Å². The Balaban J connectivity index is 1.45. The monoisotopic (exact) mass is 471 g/mol. The molecule has 0 radical (unpaired) electrons. The van der Waals surface area contributed by atoms with Crippen LogP contribution in [0.4, 0.5) is 0 Å². The van der Waals surface area contributed by atoms with Crippen LogP contribution in [-0.4, -0.2) is 34.5 Å². The number of carboxylic acid groups (broad SMARTS) is 1. The molecule has 1 amide bonds. The third kappa shape index (κ3) is 6.57. The summed E-state index contributed by atoms with van der Waals surface area (Å²) in [6.07, 6.45) is 2.58. The van der Waals surface area contributed by atoms with E-state index in [0.717, 1.165) is 28.7 Å². The fraction of sp³-hybridized carbons (Fsp3) is 0.276. The Morgan fingerprint density at radius 2 is 1.49 bits per heavy atom. The van der Waals surface area contributed by atoms with Crippen molar-refractivity contribution in [3.8, 4) is 0 Å². The molecule has 35 heavy (non-hydrogen) atoms. The minimum absolute atomic E-state index is 0.114. The largest absolute Gasteiger partial charge is 0.479 e. The zero-order chi connectivity index (χ0) is 24.6. The lowest BCUT2D eigenvalue weighted by Gasteiger charge is -2.29. The molecule has 1 atom stereocenters. The van der Waals surface area contributed by atoms with Crippen molar-refractivity contribution in [3.05, 3.63) is 107 Å². The molecule has 0 aromatic heterocycles. The molecule has 0 saturated heterocycles. The molecule has 6 nitrogen and oxygen atoms in total. The van der Waals surface area contributed by atoms with Gasteiger partial charge in [-0.05, 0) is 53.5 Å². The van der Waals surface area contributed by atoms with E-state index in [2.05, 4.69) is 0 Å². The molecule has 0 bridgehead atoms. The van der Waals surface area contributed by atoms with Gasteiger partial charge in [0.05, 0.1) is 5.56 Å². The number of aliphatic carboxylic acids is 1. The van der Waals surface area contributed by atoms with Crippen molar-refractivity contribution in [1.29, 1.82) is 0 Å². The van der Waals surface area contributed by atoms with E-state index in [4.69, 9.17) is 9.84 Å². The Morgan fingerprint density at radius 3 is 2.09 bits per heavy atom. The lowest BCUT2D eigenvalue weighted by Crippen LogP contribution is -2.32. The SMILES string of the molecule is O=C(O)COC(=O)c1cccc2c1CCC(CC(=O)N(Cc1ccccc1)Cc1ccccc1)C2. The van der Waals surface area contributed by atoms with Gasteiger partial charge in [-0.15, -0.1) is 0 Å². The van der Waals surface area contributed by atoms with Crippen LogP contribution in [-0.2, 0) is 40.3 Å². The molecule has 0 fully saturated rings. The third-order valence-corrected chi connectivity index (χ3v) is 6.38. The highest BCUT2D eigenvalue weighted by Crippen LogP contribution is 2.31. The molecule has 0 spiro atoms. The molecule has 3 aromatic rings. The average molecular weight is 472 g/mol. The first-order chi connectivity index (χ1) is 17.0. The second kappa shape index (κ2) is 11.5. The van der Waals surface area contributed by atoms with Crippen LogP contribution in [0.25, 0.3) is 0 Å². The first-order valence-electron chi connectivity index (χ1n) is 11.8. The first kappa shape index (κ1) is 24.2. The summed E-state index contributed by atoms with van der Waals surface area (Å²) in [6.45, 7) is 0.452. The first-order valence-corrected chi connectivity index (χ1v) is 11.8. The molecular formula is C29H29NO5. The van der Waals surface area contributed by atoms with Gasteiger partial charge in [0.25, 0.3) is 0 Å². The van der Waals surface area contributed by atoms with Crippen LogP contribution in [0.5, 0.6) is 0 Å². The summed E-state index contributed by atoms with van der Waals surface area (Å²) in [6, 6.07) is 25.5. The highest BCUT2D eigenvalue weighted by Gasteiger charge is 2.27. The number of carboxylic acids is 1. The maximum Gasteiger partial charge on any atom is 0.341 e. The van der Waals surface area contributed by atoms with E-state index in [1.807, 2.05) is 71.6 Å². The van der Waals surface area contributed by atoms with Crippen LogP contribution >= 0.6 is 0 Å². The van der Waals surface area contributed by atoms with Gasteiger partial charge in [0.2, 0.25) is 5.91 Å². The van der Waals surface area contributed by atoms with Crippen LogP contribution in [0.3, 0.4) is 0 Å². The fourth-order valence-corrected chi connectivity index (χ4v) is 4.67. The Labute approximate surface area is 205 Å². The van der Waals surface area contributed by atoms with E-state index in [0.29, 0.717) is 37.9 Å². The van der Waals surface area contributed by atoms with Gasteiger partial charge in [0, 0.05) is 19.5 Å². The number of carbonyl (C=O) groups is 3. The number of ether oxygens (including phenoxy) is 1. The topological polar surface area (TPSA) is 83.9 Å². The highest BCUT2D eigenvalue weighted by molar-refractivity contribution is 5.92. The van der Waals surface area contributed by atoms with Gasteiger partial charge >= 0.3 is 11.9 Å². The molecule has 0 aliphatic heterocycles. The van der Waals surface area contributed by atoms with Gasteiger partial charge in [-0.25, -0.2) is 9.59 Å². The predicted molar refractivity (Wildman–Crippen MR) is 132 cm³/mol. The van der Waals surface area contributed by atoms with Gasteiger partial charge in [-0.2, -0.15) is 0 Å². The summed E-state index contributed by atoms with van der Waals surface area (Å²) < 4.78 is 4.89. The summed E-state index contributed by atoms with van der Waals surface area (Å²) in [4.78, 5) is 38.5. The summed E-state index contributed by atoms with van der Waals surface area (Å²) >= 11 is 0. The predicted octanol–water partition coefficient (Wildman–Crippen LogP) is 4.65. The lowest BCUT2D eigenvalue weighted by atomic mass is 9.80. The summed E-state index contributed by atoms with van der Waals surface area (Å²) in [7, 11) is 0. The molecule has 1 unspecified atom stereocenters. The number of nitrogens with zero attached hydrogens (tertiary/aromatic N) is 1. The van der Waals surface area contributed by atoms with Crippen molar-refractivity contribution >= 4 is 17.8 Å². The number of hydrogen-bond donors (Lipinski definition) is 1. The molecule has 4 rings (SSSR count). The average Bonchev–Trinajstić information content (AvgIpc) is 2.87. The van der Waals surface area contributed by atoms with Crippen molar-refractivity contribution in [1.82, 2.24) is 4.90 Å². The standard InChI is InChI=1S/C29H29NO5/c31-27(30(18-21-8-3-1-4-9-21)19-22-10-5-2-6-11-22)17-23-14-15-25-24(16-23)12-7-13-26(25)29(34)35-20-28(32)33/h1-13,23H,14-20H2,(H,32,33). The Bertz CT molecular complexity index is 1130. The maximum atomic E-state index is 13.5. The summed E-state index contributed by atoms with van der Waals surface area (Å²) in [5.41, 5.74) is 4.53. The Kier molecular flexibility index (Phi) is 7.93. The van der Waals surface area contributed by atoms with Crippen LogP contribution in [0, 0.1) is 5.92 Å². The number of hydrogen-bond acceptors (Lipinski definition) is 4. The van der Waals surface area contributed by atoms with Crippen LogP contribution in [0.15, 0.2) is 78.9 Å². The van der Waals surface area contributed by atoms with Crippen molar-refractivity contribution < 1.29 is 24.2 Å². The molecular weight excluding hydrogens is 442 g/mol. The lowest BCUT2D eigenvalue weighted by molar-refractivity contribution is -0.140. The van der Waals surface area contributed by atoms with E-state index in [1.165, 1.54) is 0 Å². The van der Waals surface area contributed by atoms with Crippen LogP contribution in [0.1, 0.15) is 45.5 Å². The minimum atomic E-state index is -1.18. The molecule has 1 N–H and O–H groups in total. The van der Waals surface area contributed by atoms with E-state index in [-0.39, 0.29) is 11.8 Å². The van der Waals surface area contributed by atoms with E-state index in [1.54, 1.807) is 12.1 Å². The van der Waals surface area contributed by atoms with E-state index in [9.17, 15) is 14.4 Å². The minimum Gasteiger partial charge on any atom is -0.479 e. The maximum absolute atomic E-state index is 13.5. The Hall–Kier alpha value is -3.93. The van der Waals surface area contributed by atoms with Gasteiger partial charge in [-0.1, -0.05) is 72.8 Å². The van der Waals surface area contributed by atoms with E-state index >= 15 is 0 Å². The number of benzene rings is 3. The number of esters is 1. The molecule has 1 aliphatic rings. The second-order valence-corrected chi connectivity index (χ2v) is 8.95. The Morgan fingerprint density at radius 1 is 0.857 bits per heavy atom. The smallest absolute Gasteiger partial charge is 0.341 e. The van der Waals surface area contributed by atoms with E-state index < -0.39 is 18.5 Å². The molecule has 6 heteroatoms. The van der Waals surface area contributed by atoms with Crippen molar-refractivity contribution in [2.45, 2.75) is 38.8 Å². The molecule has 0 heterocycles. The quantitative estimate of drug-likeness (QED) is 0.459. The molecule has 1 aliphatic carbocycles. The number of rotatable bonds is 9. The van der Waals surface area contributed by atoms with Crippen LogP contribution in [0.2, 0.25) is 0 Å². The molecule has 3 aromatic carbocycles. The summed E-state index contributed by atoms with van der Waals surface area (Å²) in [5, 5.41) is 8.78. The fourth-order valence-electron chi connectivity index (χ4n) is 4.67. The highest BCUT2D eigenvalue weighted by atomic mass is 16.5. The van der Waals surface area contributed by atoms with Gasteiger partial charge in [-0.3, -0.25) is 4.79 Å². The van der Waals surface area contributed by atoms with Gasteiger partial charge in [0.1, 0.15) is 0 Å². The molecule has 0 saturated carbocycles. The van der Waals surface area contributed by atoms with Crippen LogP contribution < -0.4 is 0 Å². The van der Waals surface area contributed by atoms with Gasteiger partial charge < -0.3 is 14.7 Å². The molecule has 180 valence electrons. The zero-order valence-corrected chi connectivity index (χ0v) is 19.6. The number of fused-ring (bicyclic) bond motifs is 1.